The third-order valence-electron chi connectivity index (χ3n) is 6.91. The molecule has 0 fully saturated rings. The molecule has 2 nitrogen and oxygen atoms in total. The molecule has 2 heterocycles. The van der Waals surface area contributed by atoms with Crippen molar-refractivity contribution in [2.75, 3.05) is 0 Å². The second kappa shape index (κ2) is 5.68. The van der Waals surface area contributed by atoms with Crippen molar-refractivity contribution in [3.8, 4) is 11.1 Å². The van der Waals surface area contributed by atoms with E-state index in [0.717, 1.165) is 22.8 Å². The van der Waals surface area contributed by atoms with E-state index in [-0.39, 0.29) is 0 Å². The number of aliphatic imine (C=N–C) groups is 2. The van der Waals surface area contributed by atoms with Gasteiger partial charge in [-0.2, -0.15) is 0 Å². The lowest BCUT2D eigenvalue weighted by Crippen LogP contribution is -2.22. The van der Waals surface area contributed by atoms with Crippen molar-refractivity contribution in [3.05, 3.63) is 117 Å². The van der Waals surface area contributed by atoms with Crippen LogP contribution in [0.5, 0.6) is 0 Å². The van der Waals surface area contributed by atoms with Crippen molar-refractivity contribution in [1.82, 2.24) is 0 Å². The number of hydrogen-bond acceptors (Lipinski definition) is 2. The van der Waals surface area contributed by atoms with Gasteiger partial charge in [-0.1, -0.05) is 72.8 Å². The van der Waals surface area contributed by atoms with Crippen molar-refractivity contribution in [2.24, 2.45) is 9.98 Å². The van der Waals surface area contributed by atoms with E-state index in [4.69, 9.17) is 9.98 Å². The van der Waals surface area contributed by atoms with E-state index in [2.05, 4.69) is 97.1 Å². The van der Waals surface area contributed by atoms with Crippen LogP contribution >= 0.6 is 0 Å². The van der Waals surface area contributed by atoms with Crippen molar-refractivity contribution in [3.63, 3.8) is 0 Å². The minimum atomic E-state index is 1.05. The molecule has 2 aliphatic heterocycles. The SMILES string of the molecule is C1=c2ccccc2=C2C1=Nc1cccc(-c3cccc4c3C3=c5ccccc5=CC3=N4)c12. The third kappa shape index (κ3) is 1.95. The molecule has 0 N–H and O–H groups in total. The Bertz CT molecular complexity index is 1730. The number of benzene rings is 4. The number of rotatable bonds is 1. The summed E-state index contributed by atoms with van der Waals surface area (Å²) in [5.41, 5.74) is 11.7. The summed E-state index contributed by atoms with van der Waals surface area (Å²) in [5, 5.41) is 5.04. The molecule has 0 spiro atoms. The molecule has 4 aliphatic rings. The summed E-state index contributed by atoms with van der Waals surface area (Å²) in [5.74, 6) is 0. The first-order chi connectivity index (χ1) is 15.9. The molecule has 0 unspecified atom stereocenters. The number of hydrogen-bond donors (Lipinski definition) is 0. The zero-order valence-corrected chi connectivity index (χ0v) is 17.1. The van der Waals surface area contributed by atoms with Crippen LogP contribution in [0, 0.1) is 0 Å². The standard InChI is InChI=1S/C30H16N2/c1-3-9-19-17(7-1)15-25-27(19)29-21(11-5-13-23(29)31-25)22-12-6-14-24-30(22)28-20-10-4-2-8-18(20)16-26(28)32-24/h1-16H. The first-order valence-corrected chi connectivity index (χ1v) is 10.9. The van der Waals surface area contributed by atoms with Crippen LogP contribution < -0.4 is 20.9 Å². The third-order valence-corrected chi connectivity index (χ3v) is 6.91. The molecule has 2 heteroatoms. The van der Waals surface area contributed by atoms with E-state index in [1.165, 1.54) is 54.3 Å². The molecule has 8 rings (SSSR count). The summed E-state index contributed by atoms with van der Waals surface area (Å²) in [7, 11) is 0. The fourth-order valence-corrected chi connectivity index (χ4v) is 5.62. The van der Waals surface area contributed by atoms with Crippen LogP contribution in [0.15, 0.2) is 94.9 Å². The van der Waals surface area contributed by atoms with E-state index in [1.807, 2.05) is 0 Å². The molecule has 0 saturated carbocycles. The molecule has 0 saturated heterocycles. The number of fused-ring (bicyclic) bond motifs is 8. The average molecular weight is 404 g/mol. The Morgan fingerprint density at radius 2 is 0.906 bits per heavy atom. The van der Waals surface area contributed by atoms with Gasteiger partial charge in [0.2, 0.25) is 0 Å². The molecular formula is C30H16N2. The Balaban J connectivity index is 1.47. The minimum absolute atomic E-state index is 1.05. The van der Waals surface area contributed by atoms with Crippen LogP contribution in [-0.4, -0.2) is 11.4 Å². The summed E-state index contributed by atoms with van der Waals surface area (Å²) in [4.78, 5) is 9.99. The second-order valence-electron chi connectivity index (χ2n) is 8.61. The summed E-state index contributed by atoms with van der Waals surface area (Å²) < 4.78 is 0. The topological polar surface area (TPSA) is 24.7 Å². The predicted octanol–water partition coefficient (Wildman–Crippen LogP) is 3.51. The van der Waals surface area contributed by atoms with E-state index >= 15 is 0 Å². The maximum atomic E-state index is 4.99. The zero-order chi connectivity index (χ0) is 20.8. The van der Waals surface area contributed by atoms with E-state index in [1.54, 1.807) is 0 Å². The van der Waals surface area contributed by atoms with Crippen molar-refractivity contribution in [2.45, 2.75) is 0 Å². The first-order valence-electron chi connectivity index (χ1n) is 10.9. The van der Waals surface area contributed by atoms with Gasteiger partial charge in [-0.25, -0.2) is 9.98 Å². The maximum Gasteiger partial charge on any atom is 0.0729 e. The Kier molecular flexibility index (Phi) is 2.91. The average Bonchev–Trinajstić information content (AvgIpc) is 3.55. The molecule has 0 amide bonds. The monoisotopic (exact) mass is 404 g/mol. The van der Waals surface area contributed by atoms with Gasteiger partial charge in [-0.15, -0.1) is 0 Å². The van der Waals surface area contributed by atoms with Gasteiger partial charge >= 0.3 is 0 Å². The van der Waals surface area contributed by atoms with Crippen molar-refractivity contribution < 1.29 is 0 Å². The highest BCUT2D eigenvalue weighted by Gasteiger charge is 2.31. The van der Waals surface area contributed by atoms with Gasteiger partial charge in [0.05, 0.1) is 22.8 Å². The van der Waals surface area contributed by atoms with Crippen LogP contribution in [-0.2, 0) is 0 Å². The quantitative estimate of drug-likeness (QED) is 0.464. The molecule has 0 radical (unpaired) electrons. The van der Waals surface area contributed by atoms with Crippen LogP contribution in [0.2, 0.25) is 0 Å². The second-order valence-corrected chi connectivity index (χ2v) is 8.61. The summed E-state index contributed by atoms with van der Waals surface area (Å²) in [6.07, 6.45) is 4.42. The summed E-state index contributed by atoms with van der Waals surface area (Å²) in [6, 6.07) is 30.2. The highest BCUT2D eigenvalue weighted by atomic mass is 14.8. The zero-order valence-electron chi connectivity index (χ0n) is 17.1. The van der Waals surface area contributed by atoms with Crippen LogP contribution in [0.25, 0.3) is 34.4 Å². The van der Waals surface area contributed by atoms with Crippen LogP contribution in [0.3, 0.4) is 0 Å². The molecular weight excluding hydrogens is 388 g/mol. The molecule has 4 aromatic carbocycles. The normalized spacial score (nSPS) is 15.6. The Morgan fingerprint density at radius 1 is 0.438 bits per heavy atom. The van der Waals surface area contributed by atoms with Gasteiger partial charge < -0.3 is 0 Å². The van der Waals surface area contributed by atoms with Gasteiger partial charge in [0.15, 0.2) is 0 Å². The molecule has 4 aromatic rings. The molecule has 0 aromatic heterocycles. The molecule has 32 heavy (non-hydrogen) atoms. The van der Waals surface area contributed by atoms with Crippen molar-refractivity contribution in [1.29, 1.82) is 0 Å². The van der Waals surface area contributed by atoms with Gasteiger partial charge in [0.1, 0.15) is 0 Å². The Labute approximate surface area is 184 Å². The molecule has 0 atom stereocenters. The highest BCUT2D eigenvalue weighted by molar-refractivity contribution is 6.45. The summed E-state index contributed by atoms with van der Waals surface area (Å²) >= 11 is 0. The fraction of sp³-hybridized carbons (Fsp3) is 0. The lowest BCUT2D eigenvalue weighted by atomic mass is 9.87. The van der Waals surface area contributed by atoms with Gasteiger partial charge in [-0.05, 0) is 56.3 Å². The first kappa shape index (κ1) is 16.4. The largest absolute Gasteiger partial charge is 0.248 e. The lowest BCUT2D eigenvalue weighted by Gasteiger charge is -2.14. The molecule has 0 bridgehead atoms. The molecule has 146 valence electrons. The minimum Gasteiger partial charge on any atom is -0.248 e. The Hall–Kier alpha value is -4.30. The van der Waals surface area contributed by atoms with Crippen molar-refractivity contribution >= 4 is 46.1 Å². The Morgan fingerprint density at radius 3 is 1.41 bits per heavy atom. The van der Waals surface area contributed by atoms with E-state index in [0.29, 0.717) is 0 Å². The van der Waals surface area contributed by atoms with Crippen LogP contribution in [0.4, 0.5) is 11.4 Å². The molecule has 2 aliphatic carbocycles. The summed E-state index contributed by atoms with van der Waals surface area (Å²) in [6.45, 7) is 0. The van der Waals surface area contributed by atoms with Gasteiger partial charge in [0.25, 0.3) is 0 Å². The fourth-order valence-electron chi connectivity index (χ4n) is 5.62. The predicted molar refractivity (Wildman–Crippen MR) is 131 cm³/mol. The van der Waals surface area contributed by atoms with E-state index in [9.17, 15) is 0 Å². The smallest absolute Gasteiger partial charge is 0.0729 e. The number of nitrogens with zero attached hydrogens (tertiary/aromatic N) is 2. The highest BCUT2D eigenvalue weighted by Crippen LogP contribution is 2.47. The van der Waals surface area contributed by atoms with Gasteiger partial charge in [-0.3, -0.25) is 0 Å². The lowest BCUT2D eigenvalue weighted by molar-refractivity contribution is 1.47. The van der Waals surface area contributed by atoms with Gasteiger partial charge in [0, 0.05) is 22.3 Å². The van der Waals surface area contributed by atoms with E-state index < -0.39 is 0 Å². The maximum absolute atomic E-state index is 4.99. The van der Waals surface area contributed by atoms with Crippen LogP contribution in [0.1, 0.15) is 11.1 Å².